The van der Waals surface area contributed by atoms with Gasteiger partial charge in [0.2, 0.25) is 0 Å². The zero-order chi connectivity index (χ0) is 14.5. The maximum atomic E-state index is 11.5. The third-order valence-corrected chi connectivity index (χ3v) is 3.43. The Balaban J connectivity index is 2.52. The molecule has 0 aromatic carbocycles. The highest BCUT2D eigenvalue weighted by atomic mass is 16.5. The zero-order valence-electron chi connectivity index (χ0n) is 12.4. The number of nitrogens with one attached hydrogen (secondary N) is 1. The Morgan fingerprint density at radius 1 is 1.47 bits per heavy atom. The standard InChI is InChI=1S/C14H27NO4/c1-5-18-9-11(4)19-12-6-7-14(8-12,13(16)17)15-10(2)3/h10-12,15H,5-9H2,1-4H3,(H,16,17). The van der Waals surface area contributed by atoms with Gasteiger partial charge in [0.15, 0.2) is 0 Å². The minimum absolute atomic E-state index is 0.00203. The van der Waals surface area contributed by atoms with Gasteiger partial charge in [0.05, 0.1) is 18.8 Å². The molecule has 0 heterocycles. The number of carbonyl (C=O) groups is 1. The van der Waals surface area contributed by atoms with Crippen LogP contribution in [0.4, 0.5) is 0 Å². The minimum atomic E-state index is -0.829. The quantitative estimate of drug-likeness (QED) is 0.706. The maximum Gasteiger partial charge on any atom is 0.324 e. The summed E-state index contributed by atoms with van der Waals surface area (Å²) in [6.45, 7) is 9.08. The second-order valence-electron chi connectivity index (χ2n) is 5.66. The van der Waals surface area contributed by atoms with Gasteiger partial charge >= 0.3 is 5.97 Å². The van der Waals surface area contributed by atoms with Crippen molar-refractivity contribution >= 4 is 5.97 Å². The van der Waals surface area contributed by atoms with Crippen LogP contribution in [0.2, 0.25) is 0 Å². The highest BCUT2D eigenvalue weighted by Gasteiger charge is 2.46. The van der Waals surface area contributed by atoms with Crippen molar-refractivity contribution in [3.8, 4) is 0 Å². The van der Waals surface area contributed by atoms with Gasteiger partial charge in [0, 0.05) is 19.1 Å². The summed E-state index contributed by atoms with van der Waals surface area (Å²) in [5, 5.41) is 12.7. The summed E-state index contributed by atoms with van der Waals surface area (Å²) in [6.07, 6.45) is 1.93. The Bertz CT molecular complexity index is 295. The molecule has 3 unspecified atom stereocenters. The molecule has 5 nitrogen and oxygen atoms in total. The topological polar surface area (TPSA) is 67.8 Å². The molecular formula is C14H27NO4. The number of aliphatic carboxylic acids is 1. The van der Waals surface area contributed by atoms with Crippen LogP contribution in [-0.4, -0.2) is 48.1 Å². The molecule has 0 spiro atoms. The lowest BCUT2D eigenvalue weighted by atomic mass is 9.96. The molecule has 0 aromatic rings. The third-order valence-electron chi connectivity index (χ3n) is 3.43. The molecule has 0 bridgehead atoms. The third kappa shape index (κ3) is 4.75. The Kier molecular flexibility index (Phi) is 6.23. The lowest BCUT2D eigenvalue weighted by Gasteiger charge is -2.28. The summed E-state index contributed by atoms with van der Waals surface area (Å²) in [5.74, 6) is -0.773. The predicted molar refractivity (Wildman–Crippen MR) is 73.3 cm³/mol. The van der Waals surface area contributed by atoms with Gasteiger partial charge in [-0.15, -0.1) is 0 Å². The van der Waals surface area contributed by atoms with Crippen LogP contribution in [0.15, 0.2) is 0 Å². The number of rotatable bonds is 8. The first kappa shape index (κ1) is 16.4. The van der Waals surface area contributed by atoms with E-state index in [9.17, 15) is 9.90 Å². The molecule has 19 heavy (non-hydrogen) atoms. The summed E-state index contributed by atoms with van der Waals surface area (Å²) >= 11 is 0. The van der Waals surface area contributed by atoms with Gasteiger partial charge in [-0.2, -0.15) is 0 Å². The van der Waals surface area contributed by atoms with Crippen LogP contribution < -0.4 is 5.32 Å². The van der Waals surface area contributed by atoms with Crippen LogP contribution in [0.3, 0.4) is 0 Å². The molecule has 1 saturated carbocycles. The predicted octanol–water partition coefficient (Wildman–Crippen LogP) is 1.80. The van der Waals surface area contributed by atoms with E-state index < -0.39 is 11.5 Å². The average molecular weight is 273 g/mol. The largest absolute Gasteiger partial charge is 0.480 e. The van der Waals surface area contributed by atoms with E-state index in [4.69, 9.17) is 9.47 Å². The SMILES string of the molecule is CCOCC(C)OC1CCC(NC(C)C)(C(=O)O)C1. The Labute approximate surface area is 115 Å². The van der Waals surface area contributed by atoms with Crippen LogP contribution in [0.1, 0.15) is 47.0 Å². The first-order valence-corrected chi connectivity index (χ1v) is 7.14. The van der Waals surface area contributed by atoms with Crippen molar-refractivity contribution in [1.82, 2.24) is 5.32 Å². The average Bonchev–Trinajstić information content (AvgIpc) is 2.70. The van der Waals surface area contributed by atoms with E-state index >= 15 is 0 Å². The van der Waals surface area contributed by atoms with E-state index in [2.05, 4.69) is 5.32 Å². The molecule has 1 fully saturated rings. The first-order chi connectivity index (χ1) is 8.89. The van der Waals surface area contributed by atoms with Crippen LogP contribution >= 0.6 is 0 Å². The Morgan fingerprint density at radius 3 is 2.68 bits per heavy atom. The fourth-order valence-electron chi connectivity index (χ4n) is 2.71. The van der Waals surface area contributed by atoms with Gasteiger partial charge < -0.3 is 14.6 Å². The number of hydrogen-bond donors (Lipinski definition) is 2. The molecule has 0 amide bonds. The highest BCUT2D eigenvalue weighted by molar-refractivity contribution is 5.79. The van der Waals surface area contributed by atoms with Crippen molar-refractivity contribution in [1.29, 1.82) is 0 Å². The number of ether oxygens (including phenoxy) is 2. The second kappa shape index (κ2) is 7.22. The summed E-state index contributed by atoms with van der Waals surface area (Å²) in [5.41, 5.74) is -0.829. The number of hydrogen-bond acceptors (Lipinski definition) is 4. The van der Waals surface area contributed by atoms with Gasteiger partial charge in [0.25, 0.3) is 0 Å². The Hall–Kier alpha value is -0.650. The van der Waals surface area contributed by atoms with Gasteiger partial charge in [-0.1, -0.05) is 0 Å². The fourth-order valence-corrected chi connectivity index (χ4v) is 2.71. The minimum Gasteiger partial charge on any atom is -0.480 e. The van der Waals surface area contributed by atoms with Crippen molar-refractivity contribution in [3.05, 3.63) is 0 Å². The van der Waals surface area contributed by atoms with Gasteiger partial charge in [-0.05, 0) is 40.5 Å². The van der Waals surface area contributed by atoms with E-state index in [1.807, 2.05) is 27.7 Å². The van der Waals surface area contributed by atoms with Crippen LogP contribution in [0, 0.1) is 0 Å². The summed E-state index contributed by atoms with van der Waals surface area (Å²) in [7, 11) is 0. The normalized spacial score (nSPS) is 28.8. The molecule has 1 rings (SSSR count). The van der Waals surface area contributed by atoms with Crippen molar-refractivity contribution in [3.63, 3.8) is 0 Å². The molecule has 0 saturated heterocycles. The van der Waals surface area contributed by atoms with Crippen LogP contribution in [0.25, 0.3) is 0 Å². The van der Waals surface area contributed by atoms with E-state index in [0.29, 0.717) is 26.1 Å². The highest BCUT2D eigenvalue weighted by Crippen LogP contribution is 2.33. The second-order valence-corrected chi connectivity index (χ2v) is 5.66. The van der Waals surface area contributed by atoms with E-state index in [1.165, 1.54) is 0 Å². The molecule has 1 aliphatic carbocycles. The van der Waals surface area contributed by atoms with Crippen LogP contribution in [0.5, 0.6) is 0 Å². The summed E-state index contributed by atoms with van der Waals surface area (Å²) in [4.78, 5) is 11.5. The number of carboxylic acid groups (broad SMARTS) is 1. The zero-order valence-corrected chi connectivity index (χ0v) is 12.4. The van der Waals surface area contributed by atoms with Crippen molar-refractivity contribution in [2.24, 2.45) is 0 Å². The Morgan fingerprint density at radius 2 is 2.16 bits per heavy atom. The van der Waals surface area contributed by atoms with Gasteiger partial charge in [-0.3, -0.25) is 10.1 Å². The molecule has 3 atom stereocenters. The number of carboxylic acids is 1. The van der Waals surface area contributed by atoms with Gasteiger partial charge in [-0.25, -0.2) is 0 Å². The smallest absolute Gasteiger partial charge is 0.324 e. The molecule has 0 aromatic heterocycles. The molecule has 1 aliphatic rings. The maximum absolute atomic E-state index is 11.5. The van der Waals surface area contributed by atoms with Gasteiger partial charge in [0.1, 0.15) is 5.54 Å². The summed E-state index contributed by atoms with van der Waals surface area (Å²) < 4.78 is 11.2. The van der Waals surface area contributed by atoms with Crippen molar-refractivity contribution in [2.75, 3.05) is 13.2 Å². The van der Waals surface area contributed by atoms with Crippen molar-refractivity contribution < 1.29 is 19.4 Å². The lowest BCUT2D eigenvalue weighted by molar-refractivity contribution is -0.145. The lowest BCUT2D eigenvalue weighted by Crippen LogP contribution is -2.53. The first-order valence-electron chi connectivity index (χ1n) is 7.14. The fraction of sp³-hybridized carbons (Fsp3) is 0.929. The molecule has 2 N–H and O–H groups in total. The molecular weight excluding hydrogens is 246 g/mol. The summed E-state index contributed by atoms with van der Waals surface area (Å²) in [6, 6.07) is 0.149. The van der Waals surface area contributed by atoms with E-state index in [-0.39, 0.29) is 18.2 Å². The van der Waals surface area contributed by atoms with Crippen LogP contribution in [-0.2, 0) is 14.3 Å². The molecule has 112 valence electrons. The molecule has 0 aliphatic heterocycles. The molecule has 0 radical (unpaired) electrons. The van der Waals surface area contributed by atoms with Crippen molar-refractivity contribution in [2.45, 2.75) is 70.7 Å². The van der Waals surface area contributed by atoms with E-state index in [1.54, 1.807) is 0 Å². The monoisotopic (exact) mass is 273 g/mol. The van der Waals surface area contributed by atoms with E-state index in [0.717, 1.165) is 6.42 Å². The molecule has 5 heteroatoms.